The summed E-state index contributed by atoms with van der Waals surface area (Å²) in [6.45, 7) is 0. The molecule has 0 aliphatic carbocycles. The van der Waals surface area contributed by atoms with Crippen molar-refractivity contribution in [1.29, 1.82) is 0 Å². The van der Waals surface area contributed by atoms with Crippen molar-refractivity contribution in [3.8, 4) is 11.8 Å². The molecule has 0 fully saturated rings. The van der Waals surface area contributed by atoms with Gasteiger partial charge in [0.1, 0.15) is 11.4 Å². The van der Waals surface area contributed by atoms with Crippen molar-refractivity contribution < 1.29 is 9.31 Å². The third-order valence-corrected chi connectivity index (χ3v) is 2.27. The van der Waals surface area contributed by atoms with Gasteiger partial charge < -0.3 is 0 Å². The molecule has 0 aliphatic rings. The number of nitrogens with zero attached hydrogens (tertiary/aromatic N) is 1. The van der Waals surface area contributed by atoms with E-state index in [9.17, 15) is 14.5 Å². The second-order valence-electron chi connectivity index (χ2n) is 3.53. The topological polar surface area (TPSA) is 43.1 Å². The van der Waals surface area contributed by atoms with Gasteiger partial charge in [0.25, 0.3) is 5.69 Å². The first-order chi connectivity index (χ1) is 8.66. The predicted molar refractivity (Wildman–Crippen MR) is 65.5 cm³/mol. The van der Waals surface area contributed by atoms with Gasteiger partial charge in [-0.15, -0.1) is 0 Å². The lowest BCUT2D eigenvalue weighted by atomic mass is 10.1. The molecule has 88 valence electrons. The summed E-state index contributed by atoms with van der Waals surface area (Å²) < 4.78 is 12.9. The van der Waals surface area contributed by atoms with E-state index in [1.807, 2.05) is 18.2 Å². The number of nitro groups is 1. The Kier molecular flexibility index (Phi) is 3.35. The molecule has 0 N–H and O–H groups in total. The molecule has 0 unspecified atom stereocenters. The van der Waals surface area contributed by atoms with Crippen molar-refractivity contribution in [3.05, 3.63) is 75.6 Å². The van der Waals surface area contributed by atoms with Gasteiger partial charge in [0.2, 0.25) is 0 Å². The number of hydrogen-bond acceptors (Lipinski definition) is 2. The summed E-state index contributed by atoms with van der Waals surface area (Å²) in [4.78, 5) is 10.1. The van der Waals surface area contributed by atoms with E-state index in [2.05, 4.69) is 11.8 Å². The predicted octanol–water partition coefficient (Wildman–Crippen LogP) is 3.13. The molecule has 18 heavy (non-hydrogen) atoms. The number of hydrogen-bond donors (Lipinski definition) is 0. The van der Waals surface area contributed by atoms with Crippen LogP contribution in [-0.4, -0.2) is 4.92 Å². The summed E-state index contributed by atoms with van der Waals surface area (Å²) in [7, 11) is 0. The smallest absolute Gasteiger partial charge is 0.258 e. The Morgan fingerprint density at radius 1 is 1.06 bits per heavy atom. The van der Waals surface area contributed by atoms with Crippen LogP contribution in [0.15, 0.2) is 48.5 Å². The lowest BCUT2D eigenvalue weighted by Gasteiger charge is -1.95. The largest absolute Gasteiger partial charge is 0.287 e. The van der Waals surface area contributed by atoms with Crippen molar-refractivity contribution in [2.75, 3.05) is 0 Å². The van der Waals surface area contributed by atoms with Crippen molar-refractivity contribution in [3.63, 3.8) is 0 Å². The Hall–Kier alpha value is -2.67. The van der Waals surface area contributed by atoms with Gasteiger partial charge in [-0.05, 0) is 24.3 Å². The lowest BCUT2D eigenvalue weighted by molar-refractivity contribution is -0.385. The molecule has 4 heteroatoms. The van der Waals surface area contributed by atoms with Crippen molar-refractivity contribution >= 4 is 5.69 Å². The average Bonchev–Trinajstić information content (AvgIpc) is 2.38. The maximum atomic E-state index is 12.9. The lowest BCUT2D eigenvalue weighted by Crippen LogP contribution is -1.93. The zero-order chi connectivity index (χ0) is 13.0. The molecule has 2 aromatic carbocycles. The standard InChI is InChI=1S/C14H8FNO2/c15-13-9-8-12(14(10-13)16(17)18)7-6-11-4-2-1-3-5-11/h1-5,8-10H. The molecule has 2 aromatic rings. The molecular weight excluding hydrogens is 233 g/mol. The minimum atomic E-state index is -0.646. The molecule has 0 amide bonds. The zero-order valence-electron chi connectivity index (χ0n) is 9.26. The molecule has 0 heterocycles. The highest BCUT2D eigenvalue weighted by molar-refractivity contribution is 5.53. The maximum Gasteiger partial charge on any atom is 0.287 e. The molecule has 0 atom stereocenters. The van der Waals surface area contributed by atoms with Crippen molar-refractivity contribution in [2.24, 2.45) is 0 Å². The molecule has 0 radical (unpaired) electrons. The Labute approximate surface area is 103 Å². The summed E-state index contributed by atoms with van der Waals surface area (Å²) in [6.07, 6.45) is 0. The van der Waals surface area contributed by atoms with Gasteiger partial charge in [-0.1, -0.05) is 30.0 Å². The fourth-order valence-electron chi connectivity index (χ4n) is 1.42. The third kappa shape index (κ3) is 2.71. The van der Waals surface area contributed by atoms with Crippen LogP contribution < -0.4 is 0 Å². The van der Waals surface area contributed by atoms with E-state index in [0.29, 0.717) is 0 Å². The highest BCUT2D eigenvalue weighted by atomic mass is 19.1. The van der Waals surface area contributed by atoms with Gasteiger partial charge in [-0.25, -0.2) is 4.39 Å². The van der Waals surface area contributed by atoms with Crippen LogP contribution in [-0.2, 0) is 0 Å². The van der Waals surface area contributed by atoms with Gasteiger partial charge in [-0.2, -0.15) is 0 Å². The molecule has 3 nitrogen and oxygen atoms in total. The fraction of sp³-hybridized carbons (Fsp3) is 0. The summed E-state index contributed by atoms with van der Waals surface area (Å²) in [5.74, 6) is 4.83. The summed E-state index contributed by atoms with van der Waals surface area (Å²) in [6, 6.07) is 12.4. The number of halogens is 1. The van der Waals surface area contributed by atoms with E-state index in [-0.39, 0.29) is 11.3 Å². The van der Waals surface area contributed by atoms with Crippen molar-refractivity contribution in [2.45, 2.75) is 0 Å². The van der Waals surface area contributed by atoms with Gasteiger partial charge in [0.15, 0.2) is 0 Å². The fourth-order valence-corrected chi connectivity index (χ4v) is 1.42. The molecule has 0 saturated carbocycles. The second kappa shape index (κ2) is 5.11. The van der Waals surface area contributed by atoms with E-state index in [1.54, 1.807) is 12.1 Å². The number of benzene rings is 2. The van der Waals surface area contributed by atoms with E-state index < -0.39 is 10.7 Å². The van der Waals surface area contributed by atoms with Gasteiger partial charge in [0, 0.05) is 5.56 Å². The second-order valence-corrected chi connectivity index (χ2v) is 3.53. The van der Waals surface area contributed by atoms with Crippen LogP contribution in [0.4, 0.5) is 10.1 Å². The highest BCUT2D eigenvalue weighted by Crippen LogP contribution is 2.18. The highest BCUT2D eigenvalue weighted by Gasteiger charge is 2.12. The van der Waals surface area contributed by atoms with Crippen LogP contribution in [0, 0.1) is 27.8 Å². The van der Waals surface area contributed by atoms with Crippen LogP contribution in [0.5, 0.6) is 0 Å². The van der Waals surface area contributed by atoms with Gasteiger partial charge in [-0.3, -0.25) is 10.1 Å². The molecule has 2 rings (SSSR count). The Bertz CT molecular complexity index is 642. The van der Waals surface area contributed by atoms with E-state index in [4.69, 9.17) is 0 Å². The van der Waals surface area contributed by atoms with E-state index in [1.165, 1.54) is 6.07 Å². The quantitative estimate of drug-likeness (QED) is 0.437. The first-order valence-electron chi connectivity index (χ1n) is 5.18. The number of rotatable bonds is 1. The first kappa shape index (κ1) is 11.8. The van der Waals surface area contributed by atoms with Gasteiger partial charge >= 0.3 is 0 Å². The van der Waals surface area contributed by atoms with E-state index in [0.717, 1.165) is 17.7 Å². The van der Waals surface area contributed by atoms with Crippen LogP contribution in [0.1, 0.15) is 11.1 Å². The van der Waals surface area contributed by atoms with Gasteiger partial charge in [0.05, 0.1) is 11.0 Å². The van der Waals surface area contributed by atoms with Crippen LogP contribution in [0.3, 0.4) is 0 Å². The molecular formula is C14H8FNO2. The van der Waals surface area contributed by atoms with Crippen LogP contribution >= 0.6 is 0 Å². The molecule has 0 spiro atoms. The minimum absolute atomic E-state index is 0.199. The van der Waals surface area contributed by atoms with Crippen LogP contribution in [0.2, 0.25) is 0 Å². The SMILES string of the molecule is O=[N+]([O-])c1cc(F)ccc1C#Cc1ccccc1. The normalized spacial score (nSPS) is 9.39. The molecule has 0 aromatic heterocycles. The van der Waals surface area contributed by atoms with E-state index >= 15 is 0 Å². The Morgan fingerprint density at radius 3 is 2.44 bits per heavy atom. The Balaban J connectivity index is 2.41. The monoisotopic (exact) mass is 241 g/mol. The molecule has 0 bridgehead atoms. The van der Waals surface area contributed by atoms with Crippen molar-refractivity contribution in [1.82, 2.24) is 0 Å². The Morgan fingerprint density at radius 2 is 1.78 bits per heavy atom. The zero-order valence-corrected chi connectivity index (χ0v) is 9.26. The molecule has 0 saturated heterocycles. The van der Waals surface area contributed by atoms with Crippen LogP contribution in [0.25, 0.3) is 0 Å². The third-order valence-electron chi connectivity index (χ3n) is 2.27. The first-order valence-corrected chi connectivity index (χ1v) is 5.18. The number of nitro benzene ring substituents is 1. The summed E-state index contributed by atoms with van der Waals surface area (Å²) >= 11 is 0. The summed E-state index contributed by atoms with van der Waals surface area (Å²) in [5, 5.41) is 10.8. The minimum Gasteiger partial charge on any atom is -0.258 e. The summed E-state index contributed by atoms with van der Waals surface area (Å²) in [5.41, 5.74) is 0.625. The maximum absolute atomic E-state index is 12.9. The molecule has 0 aliphatic heterocycles. The average molecular weight is 241 g/mol.